The van der Waals surface area contributed by atoms with Gasteiger partial charge < -0.3 is 9.84 Å². The largest absolute Gasteiger partial charge is 0.491 e. The average molecular weight is 505 g/mol. The van der Waals surface area contributed by atoms with Crippen LogP contribution in [0.1, 0.15) is 11.1 Å². The summed E-state index contributed by atoms with van der Waals surface area (Å²) >= 11 is 0. The van der Waals surface area contributed by atoms with Crippen LogP contribution in [0.5, 0.6) is 5.75 Å². The van der Waals surface area contributed by atoms with Crippen LogP contribution in [0.15, 0.2) is 127 Å². The van der Waals surface area contributed by atoms with Gasteiger partial charge >= 0.3 is 0 Å². The summed E-state index contributed by atoms with van der Waals surface area (Å²) in [5, 5.41) is 11.5. The topological polar surface area (TPSA) is 29.5 Å². The minimum Gasteiger partial charge on any atom is -0.491 e. The molecule has 6 aromatic rings. The molecule has 188 valence electrons. The number of hydrogen-bond donors (Lipinski definition) is 1. The summed E-state index contributed by atoms with van der Waals surface area (Å²) in [7, 11) is 0. The third-order valence-electron chi connectivity index (χ3n) is 7.77. The Balaban J connectivity index is 1.51. The second-order valence-electron chi connectivity index (χ2n) is 9.99. The molecule has 0 aromatic heterocycles. The number of aliphatic hydroxyl groups is 1. The summed E-state index contributed by atoms with van der Waals surface area (Å²) in [6.45, 7) is 0.272. The van der Waals surface area contributed by atoms with E-state index in [-0.39, 0.29) is 13.2 Å². The first-order valence-electron chi connectivity index (χ1n) is 13.5. The molecule has 0 amide bonds. The molecule has 2 nitrogen and oxygen atoms in total. The molecule has 0 bridgehead atoms. The van der Waals surface area contributed by atoms with Crippen LogP contribution < -0.4 is 4.74 Å². The van der Waals surface area contributed by atoms with Crippen molar-refractivity contribution in [3.63, 3.8) is 0 Å². The molecule has 0 unspecified atom stereocenters. The summed E-state index contributed by atoms with van der Waals surface area (Å²) in [5.74, 6) is 0.801. The van der Waals surface area contributed by atoms with Crippen molar-refractivity contribution in [2.75, 3.05) is 13.2 Å². The maximum atomic E-state index is 9.32. The van der Waals surface area contributed by atoms with Gasteiger partial charge in [-0.3, -0.25) is 0 Å². The first-order chi connectivity index (χ1) is 19.3. The highest BCUT2D eigenvalue weighted by atomic mass is 16.5. The van der Waals surface area contributed by atoms with Gasteiger partial charge in [-0.15, -0.1) is 0 Å². The van der Waals surface area contributed by atoms with E-state index in [0.717, 1.165) is 22.9 Å². The van der Waals surface area contributed by atoms with Crippen molar-refractivity contribution < 1.29 is 9.84 Å². The second-order valence-corrected chi connectivity index (χ2v) is 9.99. The molecule has 0 aliphatic heterocycles. The van der Waals surface area contributed by atoms with Crippen molar-refractivity contribution in [3.8, 4) is 50.3 Å². The van der Waals surface area contributed by atoms with Crippen LogP contribution in [0, 0.1) is 0 Å². The monoisotopic (exact) mass is 504 g/mol. The zero-order valence-electron chi connectivity index (χ0n) is 21.6. The Labute approximate surface area is 228 Å². The van der Waals surface area contributed by atoms with E-state index in [0.29, 0.717) is 0 Å². The quantitative estimate of drug-likeness (QED) is 0.245. The van der Waals surface area contributed by atoms with Crippen LogP contribution in [0.4, 0.5) is 0 Å². The zero-order chi connectivity index (χ0) is 26.2. The normalized spacial score (nSPS) is 11.8. The number of fused-ring (bicyclic) bond motifs is 4. The molecule has 1 aliphatic carbocycles. The number of aliphatic hydroxyl groups excluding tert-OH is 1. The van der Waals surface area contributed by atoms with Crippen LogP contribution in [0.3, 0.4) is 0 Å². The van der Waals surface area contributed by atoms with E-state index in [4.69, 9.17) is 4.74 Å². The smallest absolute Gasteiger partial charge is 0.127 e. The third kappa shape index (κ3) is 4.01. The number of hydrogen-bond acceptors (Lipinski definition) is 2. The van der Waals surface area contributed by atoms with E-state index >= 15 is 0 Å². The maximum absolute atomic E-state index is 9.32. The first kappa shape index (κ1) is 23.5. The predicted octanol–water partition coefficient (Wildman–Crippen LogP) is 8.78. The molecule has 39 heavy (non-hydrogen) atoms. The minimum absolute atomic E-state index is 0.00740. The van der Waals surface area contributed by atoms with Gasteiger partial charge in [-0.2, -0.15) is 0 Å². The molecular weight excluding hydrogens is 476 g/mol. The molecule has 0 saturated heterocycles. The van der Waals surface area contributed by atoms with E-state index in [1.54, 1.807) is 0 Å². The molecule has 0 atom stereocenters. The van der Waals surface area contributed by atoms with Gasteiger partial charge in [0.15, 0.2) is 0 Å². The van der Waals surface area contributed by atoms with Crippen LogP contribution in [-0.4, -0.2) is 18.3 Å². The molecule has 0 saturated carbocycles. The van der Waals surface area contributed by atoms with Gasteiger partial charge in [0.1, 0.15) is 12.4 Å². The molecule has 1 N–H and O–H groups in total. The SMILES string of the molecule is OCCOc1ccc(-c2ccc(-c3ccccc3)c3c2Cc2cccc(-c4ccccc4)c2-3)c2ccccc12. The predicted molar refractivity (Wildman–Crippen MR) is 161 cm³/mol. The standard InChI is InChI=1S/C37H28O2/c38-22-23-39-35-21-20-31(30-15-7-8-16-33(30)35)32-19-18-29(26-12-5-2-6-13-26)37-34(32)24-27-14-9-17-28(36(27)37)25-10-3-1-4-11-25/h1-21,38H,22-24H2. The third-order valence-corrected chi connectivity index (χ3v) is 7.77. The minimum atomic E-state index is -0.00740. The van der Waals surface area contributed by atoms with E-state index in [1.807, 2.05) is 12.1 Å². The van der Waals surface area contributed by atoms with Crippen LogP contribution in [0.25, 0.3) is 55.3 Å². The Morgan fingerprint density at radius 3 is 1.85 bits per heavy atom. The average Bonchev–Trinajstić information content (AvgIpc) is 3.40. The lowest BCUT2D eigenvalue weighted by molar-refractivity contribution is 0.203. The number of rotatable bonds is 6. The number of benzene rings is 6. The van der Waals surface area contributed by atoms with Crippen LogP contribution >= 0.6 is 0 Å². The molecular formula is C37H28O2. The Kier molecular flexibility index (Phi) is 5.96. The first-order valence-corrected chi connectivity index (χ1v) is 13.5. The summed E-state index contributed by atoms with van der Waals surface area (Å²) in [6.07, 6.45) is 0.887. The summed E-state index contributed by atoms with van der Waals surface area (Å²) in [4.78, 5) is 0. The Hall–Kier alpha value is -4.66. The highest BCUT2D eigenvalue weighted by Gasteiger charge is 2.28. The zero-order valence-corrected chi connectivity index (χ0v) is 21.6. The van der Waals surface area contributed by atoms with Gasteiger partial charge in [-0.05, 0) is 73.5 Å². The van der Waals surface area contributed by atoms with Gasteiger partial charge in [-0.1, -0.05) is 121 Å². The van der Waals surface area contributed by atoms with E-state index in [2.05, 4.69) is 115 Å². The Bertz CT molecular complexity index is 1800. The molecule has 0 fully saturated rings. The molecule has 0 radical (unpaired) electrons. The van der Waals surface area contributed by atoms with Gasteiger partial charge in [0.2, 0.25) is 0 Å². The van der Waals surface area contributed by atoms with Crippen molar-refractivity contribution in [2.45, 2.75) is 6.42 Å². The van der Waals surface area contributed by atoms with Crippen molar-refractivity contribution in [1.29, 1.82) is 0 Å². The van der Waals surface area contributed by atoms with Crippen molar-refractivity contribution in [1.82, 2.24) is 0 Å². The summed E-state index contributed by atoms with van der Waals surface area (Å²) in [5.41, 5.74) is 12.9. The van der Waals surface area contributed by atoms with Gasteiger partial charge in [0.25, 0.3) is 0 Å². The lowest BCUT2D eigenvalue weighted by Gasteiger charge is -2.18. The maximum Gasteiger partial charge on any atom is 0.127 e. The molecule has 6 aromatic carbocycles. The van der Waals surface area contributed by atoms with Gasteiger partial charge in [0.05, 0.1) is 6.61 Å². The molecule has 0 heterocycles. The fourth-order valence-corrected chi connectivity index (χ4v) is 6.11. The lowest BCUT2D eigenvalue weighted by Crippen LogP contribution is -2.02. The Morgan fingerprint density at radius 2 is 1.13 bits per heavy atom. The highest BCUT2D eigenvalue weighted by molar-refractivity contribution is 6.05. The van der Waals surface area contributed by atoms with Crippen LogP contribution in [0.2, 0.25) is 0 Å². The highest BCUT2D eigenvalue weighted by Crippen LogP contribution is 2.51. The summed E-state index contributed by atoms with van der Waals surface area (Å²) in [6, 6.07) is 45.4. The van der Waals surface area contributed by atoms with Gasteiger partial charge in [0, 0.05) is 5.39 Å². The fraction of sp³-hybridized carbons (Fsp3) is 0.0811. The number of ether oxygens (including phenoxy) is 1. The van der Waals surface area contributed by atoms with E-state index in [1.165, 1.54) is 55.6 Å². The molecule has 2 heteroatoms. The van der Waals surface area contributed by atoms with E-state index < -0.39 is 0 Å². The molecule has 0 spiro atoms. The fourth-order valence-electron chi connectivity index (χ4n) is 6.11. The van der Waals surface area contributed by atoms with Crippen molar-refractivity contribution >= 4 is 10.8 Å². The van der Waals surface area contributed by atoms with Crippen molar-refractivity contribution in [2.24, 2.45) is 0 Å². The van der Waals surface area contributed by atoms with E-state index in [9.17, 15) is 5.11 Å². The van der Waals surface area contributed by atoms with Gasteiger partial charge in [-0.25, -0.2) is 0 Å². The van der Waals surface area contributed by atoms with Crippen molar-refractivity contribution in [3.05, 3.63) is 139 Å². The van der Waals surface area contributed by atoms with Crippen LogP contribution in [-0.2, 0) is 6.42 Å². The lowest BCUT2D eigenvalue weighted by atomic mass is 9.86. The Morgan fingerprint density at radius 1 is 0.513 bits per heavy atom. The summed E-state index contributed by atoms with van der Waals surface area (Å²) < 4.78 is 5.89. The second kappa shape index (κ2) is 9.90. The molecule has 1 aliphatic rings. The molecule has 7 rings (SSSR count).